The van der Waals surface area contributed by atoms with Gasteiger partial charge in [0.05, 0.1) is 0 Å². The Labute approximate surface area is 108 Å². The molecule has 1 fully saturated rings. The van der Waals surface area contributed by atoms with E-state index in [4.69, 9.17) is 0 Å². The van der Waals surface area contributed by atoms with Gasteiger partial charge in [0.15, 0.2) is 0 Å². The van der Waals surface area contributed by atoms with Crippen LogP contribution in [-0.4, -0.2) is 36.6 Å². The lowest BCUT2D eigenvalue weighted by molar-refractivity contribution is 0.166. The quantitative estimate of drug-likeness (QED) is 0.793. The summed E-state index contributed by atoms with van der Waals surface area (Å²) in [7, 11) is 2.31. The Kier molecular flexibility index (Phi) is 5.94. The van der Waals surface area contributed by atoms with Crippen molar-refractivity contribution >= 4 is 0 Å². The maximum Gasteiger partial charge on any atom is 0.00966 e. The largest absolute Gasteiger partial charge is 0.312 e. The van der Waals surface area contributed by atoms with Crippen LogP contribution >= 0.6 is 0 Å². The molecule has 17 heavy (non-hydrogen) atoms. The third-order valence-electron chi connectivity index (χ3n) is 3.78. The topological polar surface area (TPSA) is 15.3 Å². The number of nitrogens with one attached hydrogen (secondary N) is 1. The summed E-state index contributed by atoms with van der Waals surface area (Å²) < 4.78 is 0. The summed E-state index contributed by atoms with van der Waals surface area (Å²) in [5.41, 5.74) is 0.248. The van der Waals surface area contributed by atoms with Gasteiger partial charge in [0.25, 0.3) is 0 Å². The van der Waals surface area contributed by atoms with Crippen LogP contribution in [0, 0.1) is 5.92 Å². The van der Waals surface area contributed by atoms with E-state index in [9.17, 15) is 0 Å². The smallest absolute Gasteiger partial charge is 0.00966 e. The van der Waals surface area contributed by atoms with Gasteiger partial charge in [0, 0.05) is 18.1 Å². The van der Waals surface area contributed by atoms with Crippen molar-refractivity contribution in [1.82, 2.24) is 10.2 Å². The monoisotopic (exact) mass is 240 g/mol. The minimum atomic E-state index is 0.248. The van der Waals surface area contributed by atoms with E-state index in [0.29, 0.717) is 0 Å². The molecule has 1 unspecified atom stereocenters. The standard InChI is InChI=1S/C15H32N2/c1-13(11-16-15(2,3)4)12-17(5)14-9-7-6-8-10-14/h13-14,16H,6-12H2,1-5H3. The molecule has 1 atom stereocenters. The van der Waals surface area contributed by atoms with E-state index >= 15 is 0 Å². The average Bonchev–Trinajstić information content (AvgIpc) is 2.27. The van der Waals surface area contributed by atoms with Crippen LogP contribution in [-0.2, 0) is 0 Å². The molecule has 0 spiro atoms. The molecule has 0 aromatic carbocycles. The van der Waals surface area contributed by atoms with Crippen molar-refractivity contribution < 1.29 is 0 Å². The number of nitrogens with zero attached hydrogens (tertiary/aromatic N) is 1. The molecule has 0 amide bonds. The first kappa shape index (κ1) is 15.0. The predicted octanol–water partition coefficient (Wildman–Crippen LogP) is 3.28. The van der Waals surface area contributed by atoms with Gasteiger partial charge in [-0.2, -0.15) is 0 Å². The summed E-state index contributed by atoms with van der Waals surface area (Å²) in [5.74, 6) is 0.737. The fraction of sp³-hybridized carbons (Fsp3) is 1.00. The van der Waals surface area contributed by atoms with E-state index in [1.807, 2.05) is 0 Å². The van der Waals surface area contributed by atoms with Crippen LogP contribution in [0.25, 0.3) is 0 Å². The average molecular weight is 240 g/mol. The van der Waals surface area contributed by atoms with Gasteiger partial charge in [-0.3, -0.25) is 0 Å². The van der Waals surface area contributed by atoms with Gasteiger partial charge < -0.3 is 10.2 Å². The van der Waals surface area contributed by atoms with Crippen LogP contribution in [0.1, 0.15) is 59.8 Å². The van der Waals surface area contributed by atoms with E-state index < -0.39 is 0 Å². The molecule has 102 valence electrons. The van der Waals surface area contributed by atoms with Gasteiger partial charge in [0.2, 0.25) is 0 Å². The summed E-state index contributed by atoms with van der Waals surface area (Å²) >= 11 is 0. The molecule has 0 aliphatic heterocycles. The fourth-order valence-electron chi connectivity index (χ4n) is 2.71. The Hall–Kier alpha value is -0.0800. The van der Waals surface area contributed by atoms with E-state index in [0.717, 1.165) is 18.5 Å². The predicted molar refractivity (Wildman–Crippen MR) is 76.4 cm³/mol. The van der Waals surface area contributed by atoms with Crippen molar-refractivity contribution in [2.75, 3.05) is 20.1 Å². The van der Waals surface area contributed by atoms with Gasteiger partial charge in [-0.05, 0) is 53.1 Å². The van der Waals surface area contributed by atoms with Crippen LogP contribution in [0.5, 0.6) is 0 Å². The van der Waals surface area contributed by atoms with Crippen molar-refractivity contribution in [3.05, 3.63) is 0 Å². The molecule has 1 aliphatic carbocycles. The molecule has 0 radical (unpaired) electrons. The van der Waals surface area contributed by atoms with Crippen molar-refractivity contribution in [1.29, 1.82) is 0 Å². The summed E-state index contributed by atoms with van der Waals surface area (Å²) in [5, 5.41) is 3.60. The van der Waals surface area contributed by atoms with E-state index in [-0.39, 0.29) is 5.54 Å². The molecule has 1 N–H and O–H groups in total. The molecular formula is C15H32N2. The molecule has 1 rings (SSSR count). The normalized spacial score (nSPS) is 20.8. The Morgan fingerprint density at radius 1 is 1.18 bits per heavy atom. The highest BCUT2D eigenvalue weighted by atomic mass is 15.1. The molecule has 0 saturated heterocycles. The molecule has 0 heterocycles. The van der Waals surface area contributed by atoms with Gasteiger partial charge in [-0.25, -0.2) is 0 Å². The summed E-state index contributed by atoms with van der Waals surface area (Å²) in [6, 6.07) is 0.848. The highest BCUT2D eigenvalue weighted by Crippen LogP contribution is 2.22. The molecule has 1 aliphatic rings. The van der Waals surface area contributed by atoms with Crippen molar-refractivity contribution in [2.24, 2.45) is 5.92 Å². The van der Waals surface area contributed by atoms with Gasteiger partial charge in [-0.1, -0.05) is 26.2 Å². The van der Waals surface area contributed by atoms with Crippen molar-refractivity contribution in [3.63, 3.8) is 0 Å². The SMILES string of the molecule is CC(CNC(C)(C)C)CN(C)C1CCCCC1. The second kappa shape index (κ2) is 6.75. The molecule has 2 nitrogen and oxygen atoms in total. The van der Waals surface area contributed by atoms with Crippen LogP contribution in [0.2, 0.25) is 0 Å². The van der Waals surface area contributed by atoms with Crippen LogP contribution in [0.15, 0.2) is 0 Å². The highest BCUT2D eigenvalue weighted by molar-refractivity contribution is 4.77. The van der Waals surface area contributed by atoms with E-state index in [1.54, 1.807) is 0 Å². The summed E-state index contributed by atoms with van der Waals surface area (Å²) in [6.07, 6.45) is 7.14. The lowest BCUT2D eigenvalue weighted by atomic mass is 9.94. The minimum absolute atomic E-state index is 0.248. The first-order valence-corrected chi connectivity index (χ1v) is 7.34. The molecule has 1 saturated carbocycles. The second-order valence-corrected chi connectivity index (χ2v) is 6.97. The second-order valence-electron chi connectivity index (χ2n) is 6.97. The zero-order valence-corrected chi connectivity index (χ0v) is 12.6. The van der Waals surface area contributed by atoms with Gasteiger partial charge in [0.1, 0.15) is 0 Å². The highest BCUT2D eigenvalue weighted by Gasteiger charge is 2.20. The zero-order chi connectivity index (χ0) is 12.9. The van der Waals surface area contributed by atoms with E-state index in [1.165, 1.54) is 38.6 Å². The van der Waals surface area contributed by atoms with Gasteiger partial charge in [-0.15, -0.1) is 0 Å². The number of hydrogen-bond acceptors (Lipinski definition) is 2. The number of rotatable bonds is 5. The third kappa shape index (κ3) is 6.42. The maximum absolute atomic E-state index is 3.60. The Balaban J connectivity index is 2.22. The van der Waals surface area contributed by atoms with Gasteiger partial charge >= 0.3 is 0 Å². The first-order chi connectivity index (χ1) is 7.88. The lowest BCUT2D eigenvalue weighted by Crippen LogP contribution is -2.43. The Morgan fingerprint density at radius 3 is 2.29 bits per heavy atom. The fourth-order valence-corrected chi connectivity index (χ4v) is 2.71. The first-order valence-electron chi connectivity index (χ1n) is 7.34. The molecule has 0 aromatic heterocycles. The molecule has 2 heteroatoms. The molecular weight excluding hydrogens is 208 g/mol. The zero-order valence-electron chi connectivity index (χ0n) is 12.6. The van der Waals surface area contributed by atoms with Crippen LogP contribution in [0.3, 0.4) is 0 Å². The Bertz CT molecular complexity index is 201. The molecule has 0 aromatic rings. The third-order valence-corrected chi connectivity index (χ3v) is 3.78. The Morgan fingerprint density at radius 2 is 1.76 bits per heavy atom. The lowest BCUT2D eigenvalue weighted by Gasteiger charge is -2.33. The summed E-state index contributed by atoms with van der Waals surface area (Å²) in [6.45, 7) is 11.4. The maximum atomic E-state index is 3.60. The minimum Gasteiger partial charge on any atom is -0.312 e. The van der Waals surface area contributed by atoms with E-state index in [2.05, 4.69) is 45.0 Å². The summed E-state index contributed by atoms with van der Waals surface area (Å²) in [4.78, 5) is 2.59. The number of hydrogen-bond donors (Lipinski definition) is 1. The van der Waals surface area contributed by atoms with Crippen LogP contribution < -0.4 is 5.32 Å². The van der Waals surface area contributed by atoms with Crippen molar-refractivity contribution in [2.45, 2.75) is 71.4 Å². The molecule has 0 bridgehead atoms. The van der Waals surface area contributed by atoms with Crippen molar-refractivity contribution in [3.8, 4) is 0 Å². The van der Waals surface area contributed by atoms with Crippen LogP contribution in [0.4, 0.5) is 0 Å².